The van der Waals surface area contributed by atoms with Crippen LogP contribution >= 0.6 is 0 Å². The zero-order chi connectivity index (χ0) is 18.9. The van der Waals surface area contributed by atoms with Crippen LogP contribution < -0.4 is 0 Å². The van der Waals surface area contributed by atoms with E-state index >= 15 is 0 Å². The number of likely N-dealkylation sites (N-methyl/N-ethyl adjacent to an activating group) is 2. The minimum absolute atomic E-state index is 0.0727. The highest BCUT2D eigenvalue weighted by atomic mass is 32.2. The molecular weight excluding hydrogens is 340 g/mol. The molecule has 7 nitrogen and oxygen atoms in total. The van der Waals surface area contributed by atoms with Crippen LogP contribution in [-0.4, -0.2) is 72.1 Å². The van der Waals surface area contributed by atoms with Gasteiger partial charge in [-0.3, -0.25) is 14.4 Å². The lowest BCUT2D eigenvalue weighted by Crippen LogP contribution is -2.40. The molecular formula is C17H30N4O3S. The molecule has 1 saturated heterocycles. The predicted molar refractivity (Wildman–Crippen MR) is 98.2 cm³/mol. The summed E-state index contributed by atoms with van der Waals surface area (Å²) in [7, 11) is 0.792. The van der Waals surface area contributed by atoms with Crippen LogP contribution in [0.5, 0.6) is 0 Å². The van der Waals surface area contributed by atoms with Crippen LogP contribution in [0, 0.1) is 13.8 Å². The minimum Gasteiger partial charge on any atom is -0.342 e. The van der Waals surface area contributed by atoms with Gasteiger partial charge in [0.05, 0.1) is 29.8 Å². The lowest BCUT2D eigenvalue weighted by Gasteiger charge is -2.25. The zero-order valence-corrected chi connectivity index (χ0v) is 16.9. The predicted octanol–water partition coefficient (Wildman–Crippen LogP) is 1.16. The third-order valence-electron chi connectivity index (χ3n) is 5.03. The molecule has 0 spiro atoms. The Morgan fingerprint density at radius 1 is 1.32 bits per heavy atom. The zero-order valence-electron chi connectivity index (χ0n) is 16.1. The lowest BCUT2D eigenvalue weighted by atomic mass is 10.1. The van der Waals surface area contributed by atoms with Gasteiger partial charge in [0.15, 0.2) is 9.84 Å². The molecule has 0 aliphatic carbocycles. The van der Waals surface area contributed by atoms with Gasteiger partial charge in [0.25, 0.3) is 0 Å². The Balaban J connectivity index is 2.09. The van der Waals surface area contributed by atoms with Crippen molar-refractivity contribution >= 4 is 15.7 Å². The van der Waals surface area contributed by atoms with Gasteiger partial charge in [0.2, 0.25) is 5.91 Å². The standard InChI is InChI=1S/C17H30N4O3S/c1-12(2)20(6)17(22)10-19(5)9-16-13(3)18-21(14(16)4)15-7-8-25(23,24)11-15/h12,15H,7-11H2,1-6H3/t15-/m1/s1. The van der Waals surface area contributed by atoms with Crippen LogP contribution in [0.1, 0.15) is 43.3 Å². The first-order valence-electron chi connectivity index (χ1n) is 8.71. The van der Waals surface area contributed by atoms with Crippen molar-refractivity contribution in [2.45, 2.75) is 52.7 Å². The number of rotatable bonds is 6. The van der Waals surface area contributed by atoms with Gasteiger partial charge in [-0.1, -0.05) is 0 Å². The van der Waals surface area contributed by atoms with E-state index in [1.54, 1.807) is 4.90 Å². The molecule has 1 fully saturated rings. The number of carbonyl (C=O) groups excluding carboxylic acids is 1. The monoisotopic (exact) mass is 370 g/mol. The molecule has 25 heavy (non-hydrogen) atoms. The number of carbonyl (C=O) groups is 1. The molecule has 1 aromatic heterocycles. The molecule has 0 unspecified atom stereocenters. The average molecular weight is 371 g/mol. The van der Waals surface area contributed by atoms with E-state index in [0.29, 0.717) is 19.5 Å². The van der Waals surface area contributed by atoms with Crippen molar-refractivity contribution in [2.24, 2.45) is 0 Å². The van der Waals surface area contributed by atoms with Crippen LogP contribution in [0.4, 0.5) is 0 Å². The largest absolute Gasteiger partial charge is 0.342 e. The maximum Gasteiger partial charge on any atom is 0.236 e. The SMILES string of the molecule is Cc1nn([C@@H]2CCS(=O)(=O)C2)c(C)c1CN(C)CC(=O)N(C)C(C)C. The second kappa shape index (κ2) is 7.45. The first kappa shape index (κ1) is 19.9. The van der Waals surface area contributed by atoms with Crippen molar-refractivity contribution in [1.29, 1.82) is 0 Å². The molecule has 142 valence electrons. The molecule has 1 aromatic rings. The van der Waals surface area contributed by atoms with E-state index in [1.165, 1.54) is 0 Å². The van der Waals surface area contributed by atoms with Crippen molar-refractivity contribution in [1.82, 2.24) is 19.6 Å². The molecule has 0 radical (unpaired) electrons. The van der Waals surface area contributed by atoms with Gasteiger partial charge in [0, 0.05) is 30.9 Å². The van der Waals surface area contributed by atoms with E-state index in [2.05, 4.69) is 5.10 Å². The molecule has 2 rings (SSSR count). The van der Waals surface area contributed by atoms with E-state index in [1.807, 2.05) is 51.4 Å². The second-order valence-corrected chi connectivity index (χ2v) is 9.65. The summed E-state index contributed by atoms with van der Waals surface area (Å²) >= 11 is 0. The van der Waals surface area contributed by atoms with Crippen LogP contribution in [0.15, 0.2) is 0 Å². The maximum atomic E-state index is 12.2. The normalized spacial score (nSPS) is 19.8. The average Bonchev–Trinajstić information content (AvgIpc) is 2.99. The smallest absolute Gasteiger partial charge is 0.236 e. The summed E-state index contributed by atoms with van der Waals surface area (Å²) in [6.07, 6.45) is 0.622. The molecule has 2 heterocycles. The highest BCUT2D eigenvalue weighted by molar-refractivity contribution is 7.91. The first-order valence-corrected chi connectivity index (χ1v) is 10.5. The fraction of sp³-hybridized carbons (Fsp3) is 0.765. The molecule has 0 bridgehead atoms. The van der Waals surface area contributed by atoms with Gasteiger partial charge in [0.1, 0.15) is 0 Å². The molecule has 0 aromatic carbocycles. The van der Waals surface area contributed by atoms with Crippen LogP contribution in [0.2, 0.25) is 0 Å². The Morgan fingerprint density at radius 2 is 1.96 bits per heavy atom. The summed E-state index contributed by atoms with van der Waals surface area (Å²) in [4.78, 5) is 16.0. The third-order valence-corrected chi connectivity index (χ3v) is 6.78. The summed E-state index contributed by atoms with van der Waals surface area (Å²) in [5.74, 6) is 0.491. The van der Waals surface area contributed by atoms with Crippen LogP contribution in [0.3, 0.4) is 0 Å². The van der Waals surface area contributed by atoms with Gasteiger partial charge >= 0.3 is 0 Å². The lowest BCUT2D eigenvalue weighted by molar-refractivity contribution is -0.132. The fourth-order valence-corrected chi connectivity index (χ4v) is 4.90. The molecule has 8 heteroatoms. The van der Waals surface area contributed by atoms with Gasteiger partial charge in [-0.25, -0.2) is 8.42 Å². The van der Waals surface area contributed by atoms with Gasteiger partial charge < -0.3 is 4.90 Å². The van der Waals surface area contributed by atoms with Gasteiger partial charge in [-0.05, 0) is 41.2 Å². The van der Waals surface area contributed by atoms with Gasteiger partial charge in [-0.15, -0.1) is 0 Å². The van der Waals surface area contributed by atoms with Crippen LogP contribution in [0.25, 0.3) is 0 Å². The maximum absolute atomic E-state index is 12.2. The summed E-state index contributed by atoms with van der Waals surface area (Å²) in [6.45, 7) is 8.87. The van der Waals surface area contributed by atoms with E-state index in [0.717, 1.165) is 17.0 Å². The molecule has 1 amide bonds. The molecule has 0 saturated carbocycles. The number of hydrogen-bond acceptors (Lipinski definition) is 5. The van der Waals surface area contributed by atoms with Crippen molar-refractivity contribution < 1.29 is 13.2 Å². The minimum atomic E-state index is -2.94. The molecule has 1 aliphatic rings. The van der Waals surface area contributed by atoms with E-state index < -0.39 is 9.84 Å². The third kappa shape index (κ3) is 4.61. The number of aromatic nitrogens is 2. The van der Waals surface area contributed by atoms with Crippen molar-refractivity contribution in [2.75, 3.05) is 32.1 Å². The highest BCUT2D eigenvalue weighted by Crippen LogP contribution is 2.27. The number of hydrogen-bond donors (Lipinski definition) is 0. The van der Waals surface area contributed by atoms with Crippen molar-refractivity contribution in [3.05, 3.63) is 17.0 Å². The summed E-state index contributed by atoms with van der Waals surface area (Å²) in [5.41, 5.74) is 2.97. The Hall–Kier alpha value is -1.41. The number of nitrogens with zero attached hydrogens (tertiary/aromatic N) is 4. The summed E-state index contributed by atoms with van der Waals surface area (Å²) in [6, 6.07) is 0.105. The van der Waals surface area contributed by atoms with Crippen LogP contribution in [-0.2, 0) is 21.2 Å². The van der Waals surface area contributed by atoms with Crippen molar-refractivity contribution in [3.63, 3.8) is 0 Å². The molecule has 0 N–H and O–H groups in total. The Bertz CT molecular complexity index is 739. The Morgan fingerprint density at radius 3 is 2.48 bits per heavy atom. The van der Waals surface area contributed by atoms with Crippen molar-refractivity contribution in [3.8, 4) is 0 Å². The van der Waals surface area contributed by atoms with E-state index in [4.69, 9.17) is 0 Å². The van der Waals surface area contributed by atoms with Gasteiger partial charge in [-0.2, -0.15) is 5.10 Å². The molecule has 1 atom stereocenters. The quantitative estimate of drug-likeness (QED) is 0.751. The Kier molecular flexibility index (Phi) is 5.93. The highest BCUT2D eigenvalue weighted by Gasteiger charge is 2.31. The fourth-order valence-electron chi connectivity index (χ4n) is 3.21. The first-order chi connectivity index (χ1) is 11.5. The number of aryl methyl sites for hydroxylation is 1. The Labute approximate surface area is 150 Å². The molecule has 1 aliphatic heterocycles. The summed E-state index contributed by atoms with van der Waals surface area (Å²) < 4.78 is 25.4. The summed E-state index contributed by atoms with van der Waals surface area (Å²) in [5, 5.41) is 4.58. The number of sulfone groups is 1. The topological polar surface area (TPSA) is 75.5 Å². The second-order valence-electron chi connectivity index (χ2n) is 7.42. The van der Waals surface area contributed by atoms with E-state index in [-0.39, 0.29) is 29.5 Å². The number of amides is 1. The van der Waals surface area contributed by atoms with E-state index in [9.17, 15) is 13.2 Å².